The smallest absolute Gasteiger partial charge is 0.169 e. The largest absolute Gasteiger partial charge is 0.456 e. The summed E-state index contributed by atoms with van der Waals surface area (Å²) < 4.78 is 6.47. The first-order valence-corrected chi connectivity index (χ1v) is 17.3. The normalized spacial score (nSPS) is 14.5. The van der Waals surface area contributed by atoms with Gasteiger partial charge in [0.05, 0.1) is 0 Å². The highest BCUT2D eigenvalue weighted by atomic mass is 16.3. The Morgan fingerprint density at radius 2 is 1.02 bits per heavy atom. The van der Waals surface area contributed by atoms with Crippen LogP contribution in [0.5, 0.6) is 0 Å². The van der Waals surface area contributed by atoms with Crippen LogP contribution in [0.1, 0.15) is 22.9 Å². The molecule has 0 bridgehead atoms. The molecule has 1 N–H and O–H groups in total. The van der Waals surface area contributed by atoms with Crippen molar-refractivity contribution in [1.82, 2.24) is 5.32 Å². The Hall–Kier alpha value is -6.78. The molecule has 9 aromatic rings. The zero-order valence-electron chi connectivity index (χ0n) is 27.6. The Labute approximate surface area is 295 Å². The van der Waals surface area contributed by atoms with Gasteiger partial charge in [-0.15, -0.1) is 0 Å². The van der Waals surface area contributed by atoms with Crippen LogP contribution in [0.15, 0.2) is 190 Å². The lowest BCUT2D eigenvalue weighted by Gasteiger charge is -2.23. The molecule has 8 aromatic carbocycles. The molecule has 51 heavy (non-hydrogen) atoms. The van der Waals surface area contributed by atoms with E-state index in [4.69, 9.17) is 14.4 Å². The van der Waals surface area contributed by atoms with Crippen molar-refractivity contribution in [2.75, 3.05) is 0 Å². The fraction of sp³-hybridized carbons (Fsp3) is 0.0213. The Bertz CT molecular complexity index is 2830. The Morgan fingerprint density at radius 3 is 1.82 bits per heavy atom. The summed E-state index contributed by atoms with van der Waals surface area (Å²) in [6.45, 7) is 0. The van der Waals surface area contributed by atoms with E-state index < -0.39 is 6.17 Å². The molecule has 1 unspecified atom stereocenters. The van der Waals surface area contributed by atoms with E-state index in [1.165, 1.54) is 27.3 Å². The lowest BCUT2D eigenvalue weighted by atomic mass is 9.97. The first-order chi connectivity index (χ1) is 25.2. The number of nitrogens with zero attached hydrogens (tertiary/aromatic N) is 2. The average Bonchev–Trinajstić information content (AvgIpc) is 3.59. The summed E-state index contributed by atoms with van der Waals surface area (Å²) in [5, 5.41) is 10.5. The standard InChI is InChI=1S/C47H31N3O/c1-3-10-30(11-4-1)38-24-25-40-43(29-38)51-42-17-9-16-41(44(40)42)47-49-45(32-13-5-2-6-14-32)48-46(50-47)39-23-22-36-27-35(20-21-37(36)28-39)34-19-18-31-12-7-8-15-33(31)26-34/h1-29,46H,(H,48,49,50). The third kappa shape index (κ3) is 5.25. The fourth-order valence-corrected chi connectivity index (χ4v) is 7.29. The van der Waals surface area contributed by atoms with Crippen molar-refractivity contribution in [2.45, 2.75) is 6.17 Å². The van der Waals surface area contributed by atoms with E-state index >= 15 is 0 Å². The van der Waals surface area contributed by atoms with Crippen LogP contribution in [0, 0.1) is 0 Å². The molecular weight excluding hydrogens is 623 g/mol. The number of furan rings is 1. The number of amidine groups is 2. The lowest BCUT2D eigenvalue weighted by Crippen LogP contribution is -2.36. The quantitative estimate of drug-likeness (QED) is 0.201. The highest BCUT2D eigenvalue weighted by Gasteiger charge is 2.24. The maximum Gasteiger partial charge on any atom is 0.169 e. The van der Waals surface area contributed by atoms with Crippen molar-refractivity contribution < 1.29 is 4.42 Å². The number of benzene rings is 8. The molecule has 0 saturated heterocycles. The predicted molar refractivity (Wildman–Crippen MR) is 211 cm³/mol. The molecule has 0 radical (unpaired) electrons. The summed E-state index contributed by atoms with van der Waals surface area (Å²) >= 11 is 0. The van der Waals surface area contributed by atoms with E-state index in [1.807, 2.05) is 36.4 Å². The second-order valence-electron chi connectivity index (χ2n) is 13.1. The summed E-state index contributed by atoms with van der Waals surface area (Å²) in [6.07, 6.45) is -0.431. The van der Waals surface area contributed by atoms with E-state index in [9.17, 15) is 0 Å². The topological polar surface area (TPSA) is 49.9 Å². The molecule has 240 valence electrons. The van der Waals surface area contributed by atoms with E-state index in [0.717, 1.165) is 66.8 Å². The summed E-state index contributed by atoms with van der Waals surface area (Å²) in [7, 11) is 0. The monoisotopic (exact) mass is 653 g/mol. The van der Waals surface area contributed by atoms with Gasteiger partial charge in [0.15, 0.2) is 6.17 Å². The van der Waals surface area contributed by atoms with Gasteiger partial charge in [-0.25, -0.2) is 9.98 Å². The molecule has 1 aliphatic rings. The van der Waals surface area contributed by atoms with Crippen LogP contribution in [-0.2, 0) is 0 Å². The number of fused-ring (bicyclic) bond motifs is 5. The van der Waals surface area contributed by atoms with Crippen LogP contribution >= 0.6 is 0 Å². The van der Waals surface area contributed by atoms with Gasteiger partial charge in [0.2, 0.25) is 0 Å². The minimum absolute atomic E-state index is 0.431. The molecule has 1 atom stereocenters. The third-order valence-electron chi connectivity index (χ3n) is 9.89. The minimum atomic E-state index is -0.431. The number of nitrogens with one attached hydrogen (secondary N) is 1. The molecule has 10 rings (SSSR count). The van der Waals surface area contributed by atoms with E-state index in [2.05, 4.69) is 145 Å². The Morgan fingerprint density at radius 1 is 0.412 bits per heavy atom. The fourth-order valence-electron chi connectivity index (χ4n) is 7.29. The average molecular weight is 654 g/mol. The SMILES string of the molecule is c1ccc(C2=NC(c3ccc4cc(-c5ccc6ccccc6c5)ccc4c3)N=C(c3cccc4oc5cc(-c6ccccc6)ccc5c34)N2)cc1. The highest BCUT2D eigenvalue weighted by Crippen LogP contribution is 2.36. The Balaban J connectivity index is 1.06. The van der Waals surface area contributed by atoms with E-state index in [-0.39, 0.29) is 0 Å². The number of rotatable bonds is 5. The van der Waals surface area contributed by atoms with Gasteiger partial charge in [-0.1, -0.05) is 140 Å². The first-order valence-electron chi connectivity index (χ1n) is 17.3. The van der Waals surface area contributed by atoms with Crippen molar-refractivity contribution in [3.8, 4) is 22.3 Å². The first kappa shape index (κ1) is 29.2. The van der Waals surface area contributed by atoms with Gasteiger partial charge in [-0.3, -0.25) is 0 Å². The van der Waals surface area contributed by atoms with Crippen molar-refractivity contribution in [3.05, 3.63) is 193 Å². The van der Waals surface area contributed by atoms with Gasteiger partial charge in [0.25, 0.3) is 0 Å². The van der Waals surface area contributed by atoms with Crippen LogP contribution in [-0.4, -0.2) is 11.7 Å². The maximum atomic E-state index is 6.47. The molecule has 0 spiro atoms. The molecule has 1 aromatic heterocycles. The minimum Gasteiger partial charge on any atom is -0.456 e. The molecule has 4 heteroatoms. The van der Waals surface area contributed by atoms with Crippen LogP contribution in [0.2, 0.25) is 0 Å². The number of hydrogen-bond donors (Lipinski definition) is 1. The lowest BCUT2D eigenvalue weighted by molar-refractivity contribution is 0.669. The van der Waals surface area contributed by atoms with E-state index in [1.54, 1.807) is 0 Å². The number of hydrogen-bond acceptors (Lipinski definition) is 4. The molecule has 4 nitrogen and oxygen atoms in total. The predicted octanol–water partition coefficient (Wildman–Crippen LogP) is 11.7. The molecule has 0 aliphatic carbocycles. The zero-order valence-corrected chi connectivity index (χ0v) is 27.6. The zero-order chi connectivity index (χ0) is 33.7. The molecule has 0 fully saturated rings. The third-order valence-corrected chi connectivity index (χ3v) is 9.89. The second-order valence-corrected chi connectivity index (χ2v) is 13.1. The highest BCUT2D eigenvalue weighted by molar-refractivity contribution is 6.23. The summed E-state index contributed by atoms with van der Waals surface area (Å²) in [5.41, 5.74) is 9.38. The molecular formula is C47H31N3O. The van der Waals surface area contributed by atoms with Gasteiger partial charge in [-0.05, 0) is 85.8 Å². The van der Waals surface area contributed by atoms with Crippen molar-refractivity contribution in [2.24, 2.45) is 9.98 Å². The van der Waals surface area contributed by atoms with Crippen LogP contribution in [0.3, 0.4) is 0 Å². The summed E-state index contributed by atoms with van der Waals surface area (Å²) in [5.74, 6) is 1.55. The maximum absolute atomic E-state index is 6.47. The van der Waals surface area contributed by atoms with E-state index in [0.29, 0.717) is 0 Å². The number of aliphatic imine (C=N–C) groups is 2. The van der Waals surface area contributed by atoms with Crippen LogP contribution in [0.4, 0.5) is 0 Å². The molecule has 1 aliphatic heterocycles. The van der Waals surface area contributed by atoms with Gasteiger partial charge in [0.1, 0.15) is 22.8 Å². The molecule has 0 saturated carbocycles. The van der Waals surface area contributed by atoms with Crippen LogP contribution < -0.4 is 5.32 Å². The summed E-state index contributed by atoms with van der Waals surface area (Å²) in [6, 6.07) is 61.7. The van der Waals surface area contributed by atoms with Gasteiger partial charge in [0, 0.05) is 21.9 Å². The van der Waals surface area contributed by atoms with Gasteiger partial charge >= 0.3 is 0 Å². The van der Waals surface area contributed by atoms with Gasteiger partial charge in [-0.2, -0.15) is 0 Å². The molecule has 2 heterocycles. The Kier molecular flexibility index (Phi) is 6.85. The summed E-state index contributed by atoms with van der Waals surface area (Å²) in [4.78, 5) is 10.4. The van der Waals surface area contributed by atoms with Gasteiger partial charge < -0.3 is 9.73 Å². The van der Waals surface area contributed by atoms with Crippen molar-refractivity contribution in [3.63, 3.8) is 0 Å². The molecule has 0 amide bonds. The van der Waals surface area contributed by atoms with Crippen molar-refractivity contribution >= 4 is 55.2 Å². The second kappa shape index (κ2) is 12.0. The van der Waals surface area contributed by atoms with Crippen molar-refractivity contribution in [1.29, 1.82) is 0 Å². The van der Waals surface area contributed by atoms with Crippen LogP contribution in [0.25, 0.3) is 65.7 Å².